The maximum atomic E-state index is 13.5. The molecule has 0 saturated heterocycles. The molecule has 2 rings (SSSR count). The number of halogens is 4. The Balaban J connectivity index is 2.28. The van der Waals surface area contributed by atoms with Gasteiger partial charge in [0.05, 0.1) is 9.50 Å². The van der Waals surface area contributed by atoms with Crippen LogP contribution in [0.2, 0.25) is 5.02 Å². The molecule has 0 heterocycles. The Kier molecular flexibility index (Phi) is 5.13. The predicted molar refractivity (Wildman–Crippen MR) is 81.0 cm³/mol. The van der Waals surface area contributed by atoms with Crippen LogP contribution in [0, 0.1) is 11.6 Å². The monoisotopic (exact) mass is 359 g/mol. The van der Waals surface area contributed by atoms with Gasteiger partial charge in [-0.3, -0.25) is 0 Å². The van der Waals surface area contributed by atoms with Gasteiger partial charge in [0.2, 0.25) is 0 Å². The molecule has 1 atom stereocenters. The molecular weight excluding hydrogens is 348 g/mol. The number of likely N-dealkylation sites (N-methyl/N-ethyl adjacent to an activating group) is 1. The van der Waals surface area contributed by atoms with Crippen molar-refractivity contribution in [2.45, 2.75) is 12.5 Å². The number of hydrogen-bond donors (Lipinski definition) is 1. The van der Waals surface area contributed by atoms with Gasteiger partial charge in [-0.1, -0.05) is 29.8 Å². The average Bonchev–Trinajstić information content (AvgIpc) is 2.44. The molecule has 0 aliphatic heterocycles. The van der Waals surface area contributed by atoms with Crippen molar-refractivity contribution in [1.82, 2.24) is 5.32 Å². The fourth-order valence-corrected chi connectivity index (χ4v) is 2.59. The lowest BCUT2D eigenvalue weighted by Crippen LogP contribution is -2.19. The first-order chi connectivity index (χ1) is 9.52. The van der Waals surface area contributed by atoms with Gasteiger partial charge in [-0.25, -0.2) is 8.78 Å². The van der Waals surface area contributed by atoms with E-state index < -0.39 is 5.82 Å². The molecule has 2 aromatic rings. The highest BCUT2D eigenvalue weighted by Gasteiger charge is 2.15. The van der Waals surface area contributed by atoms with Gasteiger partial charge in [-0.15, -0.1) is 0 Å². The summed E-state index contributed by atoms with van der Waals surface area (Å²) in [4.78, 5) is 0. The van der Waals surface area contributed by atoms with Crippen molar-refractivity contribution >= 4 is 27.5 Å². The molecule has 0 radical (unpaired) electrons. The predicted octanol–water partition coefficient (Wildman–Crippen LogP) is 4.88. The largest absolute Gasteiger partial charge is 0.313 e. The molecule has 2 aromatic carbocycles. The fourth-order valence-electron chi connectivity index (χ4n) is 2.04. The third kappa shape index (κ3) is 3.37. The lowest BCUT2D eigenvalue weighted by atomic mass is 9.99. The Morgan fingerprint density at radius 2 is 1.95 bits per heavy atom. The maximum Gasteiger partial charge on any atom is 0.142 e. The molecule has 0 spiro atoms. The Morgan fingerprint density at radius 3 is 2.60 bits per heavy atom. The zero-order valence-corrected chi connectivity index (χ0v) is 13.1. The fraction of sp³-hybridized carbons (Fsp3) is 0.200. The second-order valence-electron chi connectivity index (χ2n) is 4.43. The quantitative estimate of drug-likeness (QED) is 0.819. The molecule has 0 aliphatic rings. The van der Waals surface area contributed by atoms with E-state index in [1.807, 2.05) is 6.07 Å². The van der Waals surface area contributed by atoms with E-state index >= 15 is 0 Å². The van der Waals surface area contributed by atoms with Crippen molar-refractivity contribution in [1.29, 1.82) is 0 Å². The van der Waals surface area contributed by atoms with Crippen LogP contribution in [0.1, 0.15) is 17.2 Å². The minimum atomic E-state index is -0.456. The van der Waals surface area contributed by atoms with Crippen LogP contribution in [0.3, 0.4) is 0 Å². The van der Waals surface area contributed by atoms with E-state index in [1.54, 1.807) is 19.2 Å². The number of rotatable bonds is 4. The molecule has 0 aliphatic carbocycles. The van der Waals surface area contributed by atoms with Crippen molar-refractivity contribution in [3.05, 3.63) is 68.7 Å². The summed E-state index contributed by atoms with van der Waals surface area (Å²) in [6.07, 6.45) is 0.538. The smallest absolute Gasteiger partial charge is 0.142 e. The van der Waals surface area contributed by atoms with Gasteiger partial charge in [0.25, 0.3) is 0 Å². The van der Waals surface area contributed by atoms with E-state index in [0.29, 0.717) is 10.9 Å². The molecule has 0 fully saturated rings. The Morgan fingerprint density at radius 1 is 1.20 bits per heavy atom. The standard InChI is InChI=1S/C15H13BrClF2N/c1-20-14(9-5-6-11(17)13(19)7-9)8-10-3-2-4-12(18)15(10)16/h2-7,14,20H,8H2,1H3. The second-order valence-corrected chi connectivity index (χ2v) is 5.63. The summed E-state index contributed by atoms with van der Waals surface area (Å²) in [7, 11) is 1.78. The molecule has 1 unspecified atom stereocenters. The summed E-state index contributed by atoms with van der Waals surface area (Å²) in [5.41, 5.74) is 1.59. The number of benzene rings is 2. The number of nitrogens with one attached hydrogen (secondary N) is 1. The highest BCUT2D eigenvalue weighted by atomic mass is 79.9. The van der Waals surface area contributed by atoms with Crippen LogP contribution in [-0.4, -0.2) is 7.05 Å². The average molecular weight is 361 g/mol. The van der Waals surface area contributed by atoms with Crippen LogP contribution >= 0.6 is 27.5 Å². The molecule has 1 nitrogen and oxygen atoms in total. The normalized spacial score (nSPS) is 12.4. The maximum absolute atomic E-state index is 13.5. The molecule has 5 heteroatoms. The van der Waals surface area contributed by atoms with Crippen LogP contribution in [0.25, 0.3) is 0 Å². The van der Waals surface area contributed by atoms with E-state index in [9.17, 15) is 8.78 Å². The Hall–Kier alpha value is -0.970. The third-order valence-electron chi connectivity index (χ3n) is 3.15. The molecular formula is C15H13BrClF2N. The van der Waals surface area contributed by atoms with Crippen LogP contribution in [-0.2, 0) is 6.42 Å². The van der Waals surface area contributed by atoms with Gasteiger partial charge in [-0.2, -0.15) is 0 Å². The van der Waals surface area contributed by atoms with Gasteiger partial charge < -0.3 is 5.32 Å². The molecule has 0 saturated carbocycles. The first-order valence-corrected chi connectivity index (χ1v) is 7.25. The summed E-state index contributed by atoms with van der Waals surface area (Å²) in [6.45, 7) is 0. The summed E-state index contributed by atoms with van der Waals surface area (Å²) in [5.74, 6) is -0.762. The highest BCUT2D eigenvalue weighted by molar-refractivity contribution is 9.10. The van der Waals surface area contributed by atoms with E-state index in [2.05, 4.69) is 21.2 Å². The van der Waals surface area contributed by atoms with E-state index in [1.165, 1.54) is 18.2 Å². The van der Waals surface area contributed by atoms with Crippen LogP contribution in [0.15, 0.2) is 40.9 Å². The van der Waals surface area contributed by atoms with E-state index in [4.69, 9.17) is 11.6 Å². The van der Waals surface area contributed by atoms with Gasteiger partial charge in [0.1, 0.15) is 11.6 Å². The minimum absolute atomic E-state index is 0.0931. The lowest BCUT2D eigenvalue weighted by molar-refractivity contribution is 0.570. The Bertz CT molecular complexity index is 619. The van der Waals surface area contributed by atoms with Crippen LogP contribution < -0.4 is 5.32 Å². The molecule has 20 heavy (non-hydrogen) atoms. The van der Waals surface area contributed by atoms with Crippen LogP contribution in [0.4, 0.5) is 8.78 Å². The second kappa shape index (κ2) is 6.66. The van der Waals surface area contributed by atoms with Gasteiger partial charge in [0.15, 0.2) is 0 Å². The molecule has 0 bridgehead atoms. The zero-order valence-electron chi connectivity index (χ0n) is 10.8. The first kappa shape index (κ1) is 15.4. The Labute approximate surface area is 130 Å². The van der Waals surface area contributed by atoms with E-state index in [0.717, 1.165) is 11.1 Å². The number of hydrogen-bond acceptors (Lipinski definition) is 1. The zero-order chi connectivity index (χ0) is 14.7. The summed E-state index contributed by atoms with van der Waals surface area (Å²) in [6, 6.07) is 9.45. The first-order valence-electron chi connectivity index (χ1n) is 6.08. The van der Waals surface area contributed by atoms with Gasteiger partial charge in [0, 0.05) is 6.04 Å². The van der Waals surface area contributed by atoms with E-state index in [-0.39, 0.29) is 16.9 Å². The van der Waals surface area contributed by atoms with Crippen molar-refractivity contribution in [3.8, 4) is 0 Å². The highest BCUT2D eigenvalue weighted by Crippen LogP contribution is 2.27. The summed E-state index contributed by atoms with van der Waals surface area (Å²) >= 11 is 8.92. The van der Waals surface area contributed by atoms with Gasteiger partial charge >= 0.3 is 0 Å². The SMILES string of the molecule is CNC(Cc1cccc(F)c1Br)c1ccc(Cl)c(F)c1. The topological polar surface area (TPSA) is 12.0 Å². The molecule has 0 amide bonds. The van der Waals surface area contributed by atoms with Gasteiger partial charge in [-0.05, 0) is 58.7 Å². The summed E-state index contributed by atoms with van der Waals surface area (Å²) in [5, 5.41) is 3.20. The molecule has 1 N–H and O–H groups in total. The lowest BCUT2D eigenvalue weighted by Gasteiger charge is -2.18. The minimum Gasteiger partial charge on any atom is -0.313 e. The third-order valence-corrected chi connectivity index (χ3v) is 4.34. The van der Waals surface area contributed by atoms with Crippen LogP contribution in [0.5, 0.6) is 0 Å². The molecule has 106 valence electrons. The van der Waals surface area contributed by atoms with Crippen molar-refractivity contribution in [2.75, 3.05) is 7.05 Å². The van der Waals surface area contributed by atoms with Crippen molar-refractivity contribution in [2.24, 2.45) is 0 Å². The molecule has 0 aromatic heterocycles. The van der Waals surface area contributed by atoms with Crippen molar-refractivity contribution < 1.29 is 8.78 Å². The summed E-state index contributed by atoms with van der Waals surface area (Å²) < 4.78 is 27.5. The van der Waals surface area contributed by atoms with Crippen molar-refractivity contribution in [3.63, 3.8) is 0 Å².